The maximum Gasteiger partial charge on any atom is 0.140 e. The van der Waals surface area contributed by atoms with E-state index in [4.69, 9.17) is 10.00 Å². The van der Waals surface area contributed by atoms with Gasteiger partial charge in [-0.25, -0.2) is 0 Å². The lowest BCUT2D eigenvalue weighted by atomic mass is 9.90. The molecule has 1 aromatic rings. The molecule has 0 aromatic heterocycles. The summed E-state index contributed by atoms with van der Waals surface area (Å²) in [5.74, 6) is 1.42. The Morgan fingerprint density at radius 3 is 2.72 bits per heavy atom. The quantitative estimate of drug-likeness (QED) is 0.818. The highest BCUT2D eigenvalue weighted by Gasteiger charge is 2.16. The van der Waals surface area contributed by atoms with Crippen molar-refractivity contribution in [1.82, 2.24) is 0 Å². The molecule has 0 radical (unpaired) electrons. The Kier molecular flexibility index (Phi) is 4.66. The number of halogens is 1. The van der Waals surface area contributed by atoms with Crippen LogP contribution in [0.3, 0.4) is 0 Å². The van der Waals surface area contributed by atoms with E-state index in [0.29, 0.717) is 11.5 Å². The zero-order valence-electron chi connectivity index (χ0n) is 10.7. The van der Waals surface area contributed by atoms with E-state index in [9.17, 15) is 0 Å². The van der Waals surface area contributed by atoms with Crippen LogP contribution in [0.4, 0.5) is 0 Å². The van der Waals surface area contributed by atoms with Crippen molar-refractivity contribution in [1.29, 1.82) is 5.26 Å². The normalized spacial score (nSPS) is 16.3. The molecule has 0 N–H and O–H groups in total. The van der Waals surface area contributed by atoms with Gasteiger partial charge in [0.05, 0.1) is 12.2 Å². The molecule has 2 nitrogen and oxygen atoms in total. The molecule has 1 aliphatic rings. The van der Waals surface area contributed by atoms with Crippen LogP contribution in [-0.2, 0) is 0 Å². The maximum absolute atomic E-state index is 9.15. The molecule has 1 aliphatic carbocycles. The minimum atomic E-state index is 0.623. The number of aryl methyl sites for hydroxylation is 1. The van der Waals surface area contributed by atoms with Crippen molar-refractivity contribution < 1.29 is 4.74 Å². The first-order valence-corrected chi connectivity index (χ1v) is 7.33. The van der Waals surface area contributed by atoms with E-state index >= 15 is 0 Å². The Labute approximate surface area is 117 Å². The molecule has 0 atom stereocenters. The second kappa shape index (κ2) is 6.24. The molecule has 3 heteroatoms. The summed E-state index contributed by atoms with van der Waals surface area (Å²) in [6, 6.07) is 6.03. The third-order valence-electron chi connectivity index (χ3n) is 3.55. The summed E-state index contributed by atoms with van der Waals surface area (Å²) in [7, 11) is 0. The second-order valence-electron chi connectivity index (χ2n) is 5.03. The lowest BCUT2D eigenvalue weighted by molar-refractivity contribution is 0.207. The minimum Gasteiger partial charge on any atom is -0.492 e. The molecule has 2 rings (SSSR count). The predicted molar refractivity (Wildman–Crippen MR) is 75.7 cm³/mol. The van der Waals surface area contributed by atoms with Crippen LogP contribution in [0.25, 0.3) is 0 Å². The number of rotatable bonds is 3. The first-order valence-electron chi connectivity index (χ1n) is 6.53. The fourth-order valence-electron chi connectivity index (χ4n) is 2.56. The van der Waals surface area contributed by atoms with E-state index in [2.05, 4.69) is 22.0 Å². The molecular weight excluding hydrogens is 290 g/mol. The summed E-state index contributed by atoms with van der Waals surface area (Å²) in [5.41, 5.74) is 1.65. The molecule has 1 fully saturated rings. The Balaban J connectivity index is 2.06. The SMILES string of the molecule is Cc1cc(Br)cc(C#N)c1OCC1CCCCC1. The molecule has 1 aromatic carbocycles. The van der Waals surface area contributed by atoms with Gasteiger partial charge in [-0.2, -0.15) is 5.26 Å². The highest BCUT2D eigenvalue weighted by molar-refractivity contribution is 9.10. The molecular formula is C15H18BrNO. The molecule has 0 heterocycles. The first-order chi connectivity index (χ1) is 8.70. The van der Waals surface area contributed by atoms with Crippen molar-refractivity contribution >= 4 is 15.9 Å². The van der Waals surface area contributed by atoms with Crippen molar-refractivity contribution in [2.75, 3.05) is 6.61 Å². The Morgan fingerprint density at radius 1 is 1.33 bits per heavy atom. The van der Waals surface area contributed by atoms with Gasteiger partial charge < -0.3 is 4.74 Å². The highest BCUT2D eigenvalue weighted by atomic mass is 79.9. The number of benzene rings is 1. The molecule has 0 amide bonds. The van der Waals surface area contributed by atoms with Crippen LogP contribution in [0, 0.1) is 24.2 Å². The van der Waals surface area contributed by atoms with Crippen LogP contribution in [0.5, 0.6) is 5.75 Å². The van der Waals surface area contributed by atoms with Gasteiger partial charge in [-0.15, -0.1) is 0 Å². The van der Waals surface area contributed by atoms with E-state index in [0.717, 1.165) is 22.4 Å². The highest BCUT2D eigenvalue weighted by Crippen LogP contribution is 2.30. The summed E-state index contributed by atoms with van der Waals surface area (Å²) in [4.78, 5) is 0. The number of ether oxygens (including phenoxy) is 1. The second-order valence-corrected chi connectivity index (χ2v) is 5.94. The van der Waals surface area contributed by atoms with Gasteiger partial charge in [0.15, 0.2) is 0 Å². The number of hydrogen-bond donors (Lipinski definition) is 0. The van der Waals surface area contributed by atoms with Crippen molar-refractivity contribution in [3.8, 4) is 11.8 Å². The summed E-state index contributed by atoms with van der Waals surface area (Å²) in [6.07, 6.45) is 6.52. The number of hydrogen-bond acceptors (Lipinski definition) is 2. The first kappa shape index (κ1) is 13.4. The molecule has 0 saturated heterocycles. The van der Waals surface area contributed by atoms with Gasteiger partial charge in [0.2, 0.25) is 0 Å². The van der Waals surface area contributed by atoms with E-state index < -0.39 is 0 Å². The molecule has 0 aliphatic heterocycles. The summed E-state index contributed by atoms with van der Waals surface area (Å²) in [5, 5.41) is 9.15. The molecule has 0 unspecified atom stereocenters. The fraction of sp³-hybridized carbons (Fsp3) is 0.533. The van der Waals surface area contributed by atoms with E-state index in [-0.39, 0.29) is 0 Å². The summed E-state index contributed by atoms with van der Waals surface area (Å²) in [6.45, 7) is 2.74. The van der Waals surface area contributed by atoms with Crippen LogP contribution in [0.2, 0.25) is 0 Å². The number of nitrogens with zero attached hydrogens (tertiary/aromatic N) is 1. The Morgan fingerprint density at radius 2 is 2.06 bits per heavy atom. The van der Waals surface area contributed by atoms with Crippen molar-refractivity contribution in [3.05, 3.63) is 27.7 Å². The fourth-order valence-corrected chi connectivity index (χ4v) is 3.13. The lowest BCUT2D eigenvalue weighted by Gasteiger charge is -2.22. The molecule has 18 heavy (non-hydrogen) atoms. The van der Waals surface area contributed by atoms with Gasteiger partial charge in [-0.1, -0.05) is 35.2 Å². The maximum atomic E-state index is 9.15. The third kappa shape index (κ3) is 3.26. The standard InChI is InChI=1S/C15H18BrNO/c1-11-7-14(16)8-13(9-17)15(11)18-10-12-5-3-2-4-6-12/h7-8,12H,2-6,10H2,1H3. The lowest BCUT2D eigenvalue weighted by Crippen LogP contribution is -2.16. The van der Waals surface area contributed by atoms with E-state index in [1.165, 1.54) is 32.1 Å². The van der Waals surface area contributed by atoms with Gasteiger partial charge >= 0.3 is 0 Å². The molecule has 1 saturated carbocycles. The summed E-state index contributed by atoms with van der Waals surface area (Å²) >= 11 is 3.41. The minimum absolute atomic E-state index is 0.623. The van der Waals surface area contributed by atoms with Crippen molar-refractivity contribution in [2.24, 2.45) is 5.92 Å². The summed E-state index contributed by atoms with van der Waals surface area (Å²) < 4.78 is 6.84. The zero-order valence-corrected chi connectivity index (χ0v) is 12.3. The average molecular weight is 308 g/mol. The van der Waals surface area contributed by atoms with Gasteiger partial charge in [0.25, 0.3) is 0 Å². The van der Waals surface area contributed by atoms with E-state index in [1.54, 1.807) is 0 Å². The van der Waals surface area contributed by atoms with Crippen LogP contribution in [0.1, 0.15) is 43.2 Å². The third-order valence-corrected chi connectivity index (χ3v) is 4.01. The van der Waals surface area contributed by atoms with Crippen LogP contribution in [0.15, 0.2) is 16.6 Å². The van der Waals surface area contributed by atoms with Crippen molar-refractivity contribution in [2.45, 2.75) is 39.0 Å². The topological polar surface area (TPSA) is 33.0 Å². The van der Waals surface area contributed by atoms with Crippen LogP contribution >= 0.6 is 15.9 Å². The van der Waals surface area contributed by atoms with Crippen molar-refractivity contribution in [3.63, 3.8) is 0 Å². The van der Waals surface area contributed by atoms with Gasteiger partial charge in [0, 0.05) is 4.47 Å². The van der Waals surface area contributed by atoms with Gasteiger partial charge in [-0.05, 0) is 43.4 Å². The largest absolute Gasteiger partial charge is 0.492 e. The molecule has 0 spiro atoms. The smallest absolute Gasteiger partial charge is 0.140 e. The monoisotopic (exact) mass is 307 g/mol. The predicted octanol–water partition coefficient (Wildman–Crippen LogP) is 4.59. The number of nitriles is 1. The van der Waals surface area contributed by atoms with Gasteiger partial charge in [0.1, 0.15) is 11.8 Å². The molecule has 0 bridgehead atoms. The van der Waals surface area contributed by atoms with Gasteiger partial charge in [-0.3, -0.25) is 0 Å². The van der Waals surface area contributed by atoms with E-state index in [1.807, 2.05) is 19.1 Å². The average Bonchev–Trinajstić information content (AvgIpc) is 2.38. The molecule has 96 valence electrons. The van der Waals surface area contributed by atoms with Crippen LogP contribution < -0.4 is 4.74 Å². The Hall–Kier alpha value is -1.01. The zero-order chi connectivity index (χ0) is 13.0. The van der Waals surface area contributed by atoms with Crippen LogP contribution in [-0.4, -0.2) is 6.61 Å². The Bertz CT molecular complexity index is 458.